The first-order valence-corrected chi connectivity index (χ1v) is 7.72. The van der Waals surface area contributed by atoms with Gasteiger partial charge in [-0.05, 0) is 46.5 Å². The SMILES string of the molecule is O=C(O)c1cccc(-c2ccc3c(c2)-c2ccccc2C(=O)C3=O)c1. The van der Waals surface area contributed by atoms with Gasteiger partial charge in [-0.3, -0.25) is 9.59 Å². The Morgan fingerprint density at radius 3 is 2.00 bits per heavy atom. The summed E-state index contributed by atoms with van der Waals surface area (Å²) in [5.74, 6) is -2.01. The molecule has 0 bridgehead atoms. The van der Waals surface area contributed by atoms with Crippen LogP contribution < -0.4 is 0 Å². The lowest BCUT2D eigenvalue weighted by molar-refractivity contribution is 0.0696. The van der Waals surface area contributed by atoms with Gasteiger partial charge in [-0.1, -0.05) is 42.5 Å². The van der Waals surface area contributed by atoms with Crippen LogP contribution in [0.15, 0.2) is 66.7 Å². The molecule has 0 fully saturated rings. The van der Waals surface area contributed by atoms with E-state index in [1.807, 2.05) is 24.3 Å². The molecule has 3 aromatic rings. The summed E-state index contributed by atoms with van der Waals surface area (Å²) >= 11 is 0. The molecule has 0 spiro atoms. The quantitative estimate of drug-likeness (QED) is 0.719. The molecule has 0 saturated carbocycles. The molecule has 0 heterocycles. The summed E-state index contributed by atoms with van der Waals surface area (Å²) in [5, 5.41) is 9.16. The standard InChI is InChI=1S/C21H12O4/c22-19-16-7-2-1-6-15(16)18-11-13(8-9-17(18)20(19)23)12-4-3-5-14(10-12)21(24)25/h1-11H,(H,24,25). The number of benzene rings is 3. The van der Waals surface area contributed by atoms with Crippen molar-refractivity contribution in [3.63, 3.8) is 0 Å². The summed E-state index contributed by atoms with van der Waals surface area (Å²) in [6, 6.07) is 18.8. The second-order valence-corrected chi connectivity index (χ2v) is 5.85. The van der Waals surface area contributed by atoms with Crippen molar-refractivity contribution in [1.29, 1.82) is 0 Å². The number of Topliss-reactive ketones (excluding diaryl/α,β-unsaturated/α-hetero) is 2. The smallest absolute Gasteiger partial charge is 0.335 e. The summed E-state index contributed by atoms with van der Waals surface area (Å²) in [5.41, 5.74) is 3.92. The van der Waals surface area contributed by atoms with Crippen molar-refractivity contribution < 1.29 is 19.5 Å². The van der Waals surface area contributed by atoms with E-state index in [0.29, 0.717) is 16.7 Å². The molecule has 0 aliphatic heterocycles. The van der Waals surface area contributed by atoms with Gasteiger partial charge < -0.3 is 5.11 Å². The molecule has 1 aliphatic carbocycles. The maximum atomic E-state index is 12.3. The first-order chi connectivity index (χ1) is 12.1. The van der Waals surface area contributed by atoms with Crippen molar-refractivity contribution >= 4 is 17.5 Å². The largest absolute Gasteiger partial charge is 0.478 e. The van der Waals surface area contributed by atoms with Crippen LogP contribution in [-0.4, -0.2) is 22.6 Å². The lowest BCUT2D eigenvalue weighted by Crippen LogP contribution is -2.21. The van der Waals surface area contributed by atoms with Gasteiger partial charge in [-0.25, -0.2) is 4.79 Å². The van der Waals surface area contributed by atoms with Crippen LogP contribution >= 0.6 is 0 Å². The zero-order chi connectivity index (χ0) is 17.6. The molecule has 25 heavy (non-hydrogen) atoms. The van der Waals surface area contributed by atoms with Gasteiger partial charge in [0.15, 0.2) is 0 Å². The molecule has 120 valence electrons. The Labute approximate surface area is 143 Å². The second-order valence-electron chi connectivity index (χ2n) is 5.85. The van der Waals surface area contributed by atoms with Crippen LogP contribution in [-0.2, 0) is 0 Å². The van der Waals surface area contributed by atoms with E-state index in [1.165, 1.54) is 6.07 Å². The first kappa shape index (κ1) is 15.0. The van der Waals surface area contributed by atoms with Crippen LogP contribution in [0.5, 0.6) is 0 Å². The third kappa shape index (κ3) is 2.35. The lowest BCUT2D eigenvalue weighted by atomic mass is 9.82. The average molecular weight is 328 g/mol. The zero-order valence-electron chi connectivity index (χ0n) is 13.0. The number of carbonyl (C=O) groups is 3. The highest BCUT2D eigenvalue weighted by molar-refractivity contribution is 6.53. The first-order valence-electron chi connectivity index (χ1n) is 7.72. The molecule has 0 amide bonds. The van der Waals surface area contributed by atoms with E-state index >= 15 is 0 Å². The minimum atomic E-state index is -0.995. The number of carbonyl (C=O) groups excluding carboxylic acids is 2. The number of aromatic carboxylic acids is 1. The van der Waals surface area contributed by atoms with Crippen LogP contribution in [0.2, 0.25) is 0 Å². The van der Waals surface area contributed by atoms with Crippen LogP contribution in [0, 0.1) is 0 Å². The second kappa shape index (κ2) is 5.53. The number of carboxylic acids is 1. The van der Waals surface area contributed by atoms with Gasteiger partial charge in [-0.2, -0.15) is 0 Å². The summed E-state index contributed by atoms with van der Waals surface area (Å²) in [7, 11) is 0. The average Bonchev–Trinajstić information content (AvgIpc) is 2.66. The molecule has 4 heteroatoms. The van der Waals surface area contributed by atoms with Crippen LogP contribution in [0.1, 0.15) is 31.1 Å². The lowest BCUT2D eigenvalue weighted by Gasteiger charge is -2.18. The molecule has 4 rings (SSSR count). The summed E-state index contributed by atoms with van der Waals surface area (Å²) in [4.78, 5) is 35.8. The fourth-order valence-corrected chi connectivity index (χ4v) is 3.14. The third-order valence-electron chi connectivity index (χ3n) is 4.38. The summed E-state index contributed by atoms with van der Waals surface area (Å²) in [6.45, 7) is 0. The minimum Gasteiger partial charge on any atom is -0.478 e. The summed E-state index contributed by atoms with van der Waals surface area (Å²) in [6.07, 6.45) is 0. The van der Waals surface area contributed by atoms with E-state index in [-0.39, 0.29) is 5.56 Å². The van der Waals surface area contributed by atoms with Gasteiger partial charge in [0, 0.05) is 11.1 Å². The number of hydrogen-bond donors (Lipinski definition) is 1. The van der Waals surface area contributed by atoms with E-state index in [1.54, 1.807) is 36.4 Å². The Hall–Kier alpha value is -3.53. The summed E-state index contributed by atoms with van der Waals surface area (Å²) < 4.78 is 0. The number of carboxylic acid groups (broad SMARTS) is 1. The Balaban J connectivity index is 1.92. The van der Waals surface area contributed by atoms with Crippen molar-refractivity contribution in [2.75, 3.05) is 0 Å². The minimum absolute atomic E-state index is 0.196. The van der Waals surface area contributed by atoms with E-state index in [9.17, 15) is 14.4 Å². The van der Waals surface area contributed by atoms with Crippen molar-refractivity contribution in [2.24, 2.45) is 0 Å². The predicted octanol–water partition coefficient (Wildman–Crippen LogP) is 4.10. The van der Waals surface area contributed by atoms with Gasteiger partial charge in [0.2, 0.25) is 11.6 Å². The molecule has 1 N–H and O–H groups in total. The predicted molar refractivity (Wildman–Crippen MR) is 92.9 cm³/mol. The van der Waals surface area contributed by atoms with Gasteiger partial charge in [0.25, 0.3) is 0 Å². The van der Waals surface area contributed by atoms with E-state index in [4.69, 9.17) is 5.11 Å². The highest BCUT2D eigenvalue weighted by Crippen LogP contribution is 2.36. The number of rotatable bonds is 2. The Kier molecular flexibility index (Phi) is 3.32. The van der Waals surface area contributed by atoms with E-state index in [0.717, 1.165) is 16.7 Å². The van der Waals surface area contributed by atoms with Crippen LogP contribution in [0.4, 0.5) is 0 Å². The number of fused-ring (bicyclic) bond motifs is 3. The molecule has 4 nitrogen and oxygen atoms in total. The molecule has 0 saturated heterocycles. The van der Waals surface area contributed by atoms with Gasteiger partial charge in [0.1, 0.15) is 0 Å². The molecule has 0 aromatic heterocycles. The maximum absolute atomic E-state index is 12.3. The molecule has 0 atom stereocenters. The highest BCUT2D eigenvalue weighted by atomic mass is 16.4. The Bertz CT molecular complexity index is 1060. The number of hydrogen-bond acceptors (Lipinski definition) is 3. The third-order valence-corrected chi connectivity index (χ3v) is 4.38. The molecule has 0 radical (unpaired) electrons. The fourth-order valence-electron chi connectivity index (χ4n) is 3.14. The topological polar surface area (TPSA) is 71.4 Å². The van der Waals surface area contributed by atoms with Gasteiger partial charge in [0.05, 0.1) is 5.56 Å². The van der Waals surface area contributed by atoms with E-state index in [2.05, 4.69) is 0 Å². The van der Waals surface area contributed by atoms with Crippen molar-refractivity contribution in [1.82, 2.24) is 0 Å². The molecular weight excluding hydrogens is 316 g/mol. The monoisotopic (exact) mass is 328 g/mol. The van der Waals surface area contributed by atoms with Gasteiger partial charge in [-0.15, -0.1) is 0 Å². The van der Waals surface area contributed by atoms with E-state index < -0.39 is 17.5 Å². The molecular formula is C21H12O4. The van der Waals surface area contributed by atoms with Crippen LogP contribution in [0.25, 0.3) is 22.3 Å². The Morgan fingerprint density at radius 1 is 0.640 bits per heavy atom. The van der Waals surface area contributed by atoms with Crippen molar-refractivity contribution in [3.05, 3.63) is 83.4 Å². The highest BCUT2D eigenvalue weighted by Gasteiger charge is 2.30. The fraction of sp³-hybridized carbons (Fsp3) is 0. The maximum Gasteiger partial charge on any atom is 0.335 e. The normalized spacial score (nSPS) is 12.5. The zero-order valence-corrected chi connectivity index (χ0v) is 13.0. The van der Waals surface area contributed by atoms with Gasteiger partial charge >= 0.3 is 5.97 Å². The molecule has 1 aliphatic rings. The van der Waals surface area contributed by atoms with Crippen LogP contribution in [0.3, 0.4) is 0 Å². The molecule has 3 aromatic carbocycles. The molecule has 0 unspecified atom stereocenters. The number of ketones is 2. The van der Waals surface area contributed by atoms with Crippen molar-refractivity contribution in [3.8, 4) is 22.3 Å². The Morgan fingerprint density at radius 2 is 1.28 bits per heavy atom. The van der Waals surface area contributed by atoms with Crippen molar-refractivity contribution in [2.45, 2.75) is 0 Å².